The number of carbonyl (C=O) groups is 1. The molecule has 1 aliphatic carbocycles. The van der Waals surface area contributed by atoms with Crippen LogP contribution in [-0.4, -0.2) is 45.4 Å². The summed E-state index contributed by atoms with van der Waals surface area (Å²) in [5, 5.41) is 2.93. The Balaban J connectivity index is 1.20. The minimum absolute atomic E-state index is 0.0261. The van der Waals surface area contributed by atoms with Crippen molar-refractivity contribution < 1.29 is 4.79 Å². The fourth-order valence-electron chi connectivity index (χ4n) is 4.50. The molecule has 1 aliphatic heterocycles. The Kier molecular flexibility index (Phi) is 3.65. The zero-order chi connectivity index (χ0) is 18.4. The van der Waals surface area contributed by atoms with Crippen LogP contribution in [0.5, 0.6) is 0 Å². The highest BCUT2D eigenvalue weighted by atomic mass is 16.2. The number of nitrogens with one attached hydrogen (secondary N) is 3. The van der Waals surface area contributed by atoms with Gasteiger partial charge in [0.1, 0.15) is 0 Å². The number of piperidine rings is 1. The van der Waals surface area contributed by atoms with E-state index in [9.17, 15) is 9.59 Å². The van der Waals surface area contributed by atoms with E-state index in [1.165, 1.54) is 12.0 Å². The standard InChI is InChI=1S/C20H21N5O2/c26-18(22-15-3-4-16-17(8-15)24-19(27)23-16)12-25-7-5-20(9-14(20)11-25)13-2-1-6-21-10-13/h1-4,6,8,10,14H,5,7,9,11-12H2,(H,22,26)(H2,23,24,27). The molecule has 0 bridgehead atoms. The Labute approximate surface area is 155 Å². The molecule has 7 heteroatoms. The summed E-state index contributed by atoms with van der Waals surface area (Å²) in [5.41, 5.74) is 3.49. The highest BCUT2D eigenvalue weighted by molar-refractivity contribution is 5.94. The van der Waals surface area contributed by atoms with Gasteiger partial charge in [0.05, 0.1) is 17.6 Å². The normalized spacial score (nSPS) is 24.5. The molecule has 2 atom stereocenters. The van der Waals surface area contributed by atoms with Gasteiger partial charge in [-0.3, -0.25) is 14.7 Å². The summed E-state index contributed by atoms with van der Waals surface area (Å²) in [5.74, 6) is 0.589. The number of H-pyrrole nitrogens is 2. The highest BCUT2D eigenvalue weighted by Gasteiger charge is 2.57. The summed E-state index contributed by atoms with van der Waals surface area (Å²) in [6, 6.07) is 9.55. The number of benzene rings is 1. The van der Waals surface area contributed by atoms with E-state index >= 15 is 0 Å². The second-order valence-corrected chi connectivity index (χ2v) is 7.67. The summed E-state index contributed by atoms with van der Waals surface area (Å²) >= 11 is 0. The molecule has 0 radical (unpaired) electrons. The van der Waals surface area contributed by atoms with Crippen LogP contribution in [0.1, 0.15) is 18.4 Å². The van der Waals surface area contributed by atoms with Crippen molar-refractivity contribution in [1.29, 1.82) is 0 Å². The number of pyridine rings is 1. The molecule has 2 unspecified atom stereocenters. The lowest BCUT2D eigenvalue weighted by atomic mass is 9.88. The number of fused-ring (bicyclic) bond motifs is 2. The van der Waals surface area contributed by atoms with E-state index in [2.05, 4.69) is 31.2 Å². The molecule has 27 heavy (non-hydrogen) atoms. The Morgan fingerprint density at radius 3 is 3.00 bits per heavy atom. The number of carbonyl (C=O) groups excluding carboxylic acids is 1. The van der Waals surface area contributed by atoms with Gasteiger partial charge in [0.15, 0.2) is 0 Å². The van der Waals surface area contributed by atoms with Crippen molar-refractivity contribution in [2.45, 2.75) is 18.3 Å². The average molecular weight is 363 g/mol. The van der Waals surface area contributed by atoms with Crippen LogP contribution in [0.4, 0.5) is 5.69 Å². The van der Waals surface area contributed by atoms with Gasteiger partial charge in [-0.05, 0) is 55.1 Å². The first-order valence-corrected chi connectivity index (χ1v) is 9.27. The van der Waals surface area contributed by atoms with E-state index in [-0.39, 0.29) is 17.0 Å². The van der Waals surface area contributed by atoms with Gasteiger partial charge in [0.2, 0.25) is 5.91 Å². The molecule has 3 heterocycles. The average Bonchev–Trinajstić information content (AvgIpc) is 3.28. The van der Waals surface area contributed by atoms with Crippen molar-refractivity contribution in [2.75, 3.05) is 25.0 Å². The Hall–Kier alpha value is -2.93. The number of amides is 1. The predicted molar refractivity (Wildman–Crippen MR) is 103 cm³/mol. The first kappa shape index (κ1) is 16.3. The fraction of sp³-hybridized carbons (Fsp3) is 0.350. The van der Waals surface area contributed by atoms with Crippen LogP contribution in [0.3, 0.4) is 0 Å². The molecule has 138 valence electrons. The number of aromatic amines is 2. The number of hydrogen-bond acceptors (Lipinski definition) is 4. The van der Waals surface area contributed by atoms with Crippen molar-refractivity contribution in [2.24, 2.45) is 5.92 Å². The van der Waals surface area contributed by atoms with Gasteiger partial charge in [-0.25, -0.2) is 4.79 Å². The van der Waals surface area contributed by atoms with Crippen LogP contribution in [0.15, 0.2) is 47.5 Å². The third kappa shape index (κ3) is 2.94. The monoisotopic (exact) mass is 363 g/mol. The smallest absolute Gasteiger partial charge is 0.323 e. The third-order valence-corrected chi connectivity index (χ3v) is 5.99. The summed E-state index contributed by atoms with van der Waals surface area (Å²) in [6.45, 7) is 2.26. The predicted octanol–water partition coefficient (Wildman–Crippen LogP) is 1.85. The van der Waals surface area contributed by atoms with E-state index in [0.717, 1.165) is 25.0 Å². The van der Waals surface area contributed by atoms with Gasteiger partial charge in [0, 0.05) is 30.0 Å². The molecular weight excluding hydrogens is 342 g/mol. The number of imidazole rings is 1. The molecule has 1 aromatic carbocycles. The molecule has 7 nitrogen and oxygen atoms in total. The quantitative estimate of drug-likeness (QED) is 0.659. The van der Waals surface area contributed by atoms with Crippen LogP contribution < -0.4 is 11.0 Å². The van der Waals surface area contributed by atoms with Crippen molar-refractivity contribution in [3.63, 3.8) is 0 Å². The summed E-state index contributed by atoms with van der Waals surface area (Å²) < 4.78 is 0. The maximum absolute atomic E-state index is 12.4. The van der Waals surface area contributed by atoms with Crippen LogP contribution in [-0.2, 0) is 10.2 Å². The fourth-order valence-corrected chi connectivity index (χ4v) is 4.50. The number of hydrogen-bond donors (Lipinski definition) is 3. The maximum atomic E-state index is 12.4. The minimum Gasteiger partial charge on any atom is -0.325 e. The molecule has 1 amide bonds. The molecule has 5 rings (SSSR count). The first-order valence-electron chi connectivity index (χ1n) is 9.27. The van der Waals surface area contributed by atoms with Crippen molar-refractivity contribution in [3.05, 3.63) is 58.8 Å². The first-order chi connectivity index (χ1) is 13.1. The third-order valence-electron chi connectivity index (χ3n) is 5.99. The molecule has 3 aromatic rings. The zero-order valence-corrected chi connectivity index (χ0v) is 14.9. The Bertz CT molecular complexity index is 1060. The van der Waals surface area contributed by atoms with E-state index in [1.54, 1.807) is 18.2 Å². The lowest BCUT2D eigenvalue weighted by Crippen LogP contribution is -2.41. The number of aromatic nitrogens is 3. The van der Waals surface area contributed by atoms with E-state index in [1.807, 2.05) is 18.5 Å². The molecule has 0 spiro atoms. The van der Waals surface area contributed by atoms with Crippen LogP contribution >= 0.6 is 0 Å². The molecule has 2 aliphatic rings. The van der Waals surface area contributed by atoms with Crippen molar-refractivity contribution in [3.8, 4) is 0 Å². The summed E-state index contributed by atoms with van der Waals surface area (Å²) in [6.07, 6.45) is 6.07. The van der Waals surface area contributed by atoms with Crippen LogP contribution in [0.25, 0.3) is 11.0 Å². The largest absolute Gasteiger partial charge is 0.325 e. The van der Waals surface area contributed by atoms with Crippen molar-refractivity contribution >= 4 is 22.6 Å². The SMILES string of the molecule is O=C(CN1CCC2(c3cccnc3)CC2C1)Nc1ccc2[nH]c(=O)[nH]c2c1. The zero-order valence-electron chi connectivity index (χ0n) is 14.9. The van der Waals surface area contributed by atoms with Gasteiger partial charge in [0.25, 0.3) is 0 Å². The summed E-state index contributed by atoms with van der Waals surface area (Å²) in [4.78, 5) is 35.7. The molecular formula is C20H21N5O2. The van der Waals surface area contributed by atoms with Gasteiger partial charge < -0.3 is 15.3 Å². The Morgan fingerprint density at radius 2 is 2.19 bits per heavy atom. The van der Waals surface area contributed by atoms with Crippen molar-refractivity contribution in [1.82, 2.24) is 19.9 Å². The van der Waals surface area contributed by atoms with E-state index in [0.29, 0.717) is 23.7 Å². The van der Waals surface area contributed by atoms with Crippen LogP contribution in [0.2, 0.25) is 0 Å². The van der Waals surface area contributed by atoms with E-state index < -0.39 is 0 Å². The Morgan fingerprint density at radius 1 is 1.30 bits per heavy atom. The molecule has 2 fully saturated rings. The molecule has 2 aromatic heterocycles. The number of rotatable bonds is 4. The van der Waals surface area contributed by atoms with Gasteiger partial charge in [-0.15, -0.1) is 0 Å². The summed E-state index contributed by atoms with van der Waals surface area (Å²) in [7, 11) is 0. The number of nitrogens with zero attached hydrogens (tertiary/aromatic N) is 2. The number of likely N-dealkylation sites (tertiary alicyclic amines) is 1. The lowest BCUT2D eigenvalue weighted by Gasteiger charge is -2.31. The van der Waals surface area contributed by atoms with Gasteiger partial charge in [-0.1, -0.05) is 6.07 Å². The maximum Gasteiger partial charge on any atom is 0.323 e. The molecule has 1 saturated heterocycles. The van der Waals surface area contributed by atoms with E-state index in [4.69, 9.17) is 0 Å². The van der Waals surface area contributed by atoms with Gasteiger partial charge in [-0.2, -0.15) is 0 Å². The lowest BCUT2D eigenvalue weighted by molar-refractivity contribution is -0.117. The minimum atomic E-state index is -0.247. The molecule has 3 N–H and O–H groups in total. The molecule has 1 saturated carbocycles. The second-order valence-electron chi connectivity index (χ2n) is 7.67. The second kappa shape index (κ2) is 6.06. The topological polar surface area (TPSA) is 93.9 Å². The van der Waals surface area contributed by atoms with Crippen LogP contribution in [0, 0.1) is 5.92 Å². The highest BCUT2D eigenvalue weighted by Crippen LogP contribution is 2.58. The number of anilines is 1. The van der Waals surface area contributed by atoms with Gasteiger partial charge >= 0.3 is 5.69 Å².